The molecule has 1 heterocycles. The second-order valence-electron chi connectivity index (χ2n) is 6.40. The van der Waals surface area contributed by atoms with E-state index < -0.39 is 5.97 Å². The molecule has 4 heteroatoms. The third-order valence-corrected chi connectivity index (χ3v) is 5.03. The van der Waals surface area contributed by atoms with Crippen molar-refractivity contribution in [1.82, 2.24) is 4.90 Å². The summed E-state index contributed by atoms with van der Waals surface area (Å²) in [4.78, 5) is 13.9. The van der Waals surface area contributed by atoms with Crippen molar-refractivity contribution in [3.63, 3.8) is 0 Å². The van der Waals surface area contributed by atoms with Crippen LogP contribution in [0.2, 0.25) is 0 Å². The quantitative estimate of drug-likeness (QED) is 0.854. The summed E-state index contributed by atoms with van der Waals surface area (Å²) in [6.07, 6.45) is 5.30. The van der Waals surface area contributed by atoms with Gasteiger partial charge in [-0.25, -0.2) is 0 Å². The number of methoxy groups -OCH3 is 1. The Kier molecular flexibility index (Phi) is 4.85. The molecule has 0 aromatic rings. The summed E-state index contributed by atoms with van der Waals surface area (Å²) < 4.78 is 5.45. The number of carboxylic acid groups (broad SMARTS) is 1. The first kappa shape index (κ1) is 14.8. The molecule has 0 aromatic heterocycles. The van der Waals surface area contributed by atoms with Crippen molar-refractivity contribution in [1.29, 1.82) is 0 Å². The zero-order valence-corrected chi connectivity index (χ0v) is 12.3. The highest BCUT2D eigenvalue weighted by molar-refractivity contribution is 5.71. The van der Waals surface area contributed by atoms with E-state index in [1.165, 1.54) is 0 Å². The van der Waals surface area contributed by atoms with Gasteiger partial charge >= 0.3 is 5.97 Å². The average molecular weight is 269 g/mol. The van der Waals surface area contributed by atoms with Crippen LogP contribution in [-0.2, 0) is 9.53 Å². The molecule has 5 atom stereocenters. The van der Waals surface area contributed by atoms with Gasteiger partial charge in [0.2, 0.25) is 0 Å². The van der Waals surface area contributed by atoms with Crippen LogP contribution in [0, 0.1) is 11.8 Å². The maximum Gasteiger partial charge on any atom is 0.308 e. The molecule has 1 saturated heterocycles. The zero-order valence-electron chi connectivity index (χ0n) is 12.3. The van der Waals surface area contributed by atoms with Crippen LogP contribution in [-0.4, -0.2) is 47.8 Å². The highest BCUT2D eigenvalue weighted by Crippen LogP contribution is 2.35. The van der Waals surface area contributed by atoms with Gasteiger partial charge in [-0.1, -0.05) is 6.92 Å². The highest BCUT2D eigenvalue weighted by Gasteiger charge is 2.40. The van der Waals surface area contributed by atoms with E-state index in [9.17, 15) is 9.90 Å². The van der Waals surface area contributed by atoms with Gasteiger partial charge in [-0.3, -0.25) is 9.69 Å². The Morgan fingerprint density at radius 1 is 1.21 bits per heavy atom. The molecule has 0 radical (unpaired) electrons. The number of carbonyl (C=O) groups is 1. The van der Waals surface area contributed by atoms with Crippen LogP contribution < -0.4 is 0 Å². The summed E-state index contributed by atoms with van der Waals surface area (Å²) in [6.45, 7) is 5.43. The molecule has 0 bridgehead atoms. The second-order valence-corrected chi connectivity index (χ2v) is 6.40. The lowest BCUT2D eigenvalue weighted by Gasteiger charge is -2.46. The Balaban J connectivity index is 2.06. The van der Waals surface area contributed by atoms with E-state index in [0.717, 1.165) is 38.6 Å². The smallest absolute Gasteiger partial charge is 0.308 e. The number of nitrogens with zero attached hydrogens (tertiary/aromatic N) is 1. The summed E-state index contributed by atoms with van der Waals surface area (Å²) in [5, 5.41) is 9.46. The van der Waals surface area contributed by atoms with Gasteiger partial charge in [0.1, 0.15) is 0 Å². The van der Waals surface area contributed by atoms with Crippen molar-refractivity contribution < 1.29 is 14.6 Å². The van der Waals surface area contributed by atoms with E-state index in [0.29, 0.717) is 18.1 Å². The lowest BCUT2D eigenvalue weighted by atomic mass is 9.77. The summed E-state index contributed by atoms with van der Waals surface area (Å²) in [6, 6.07) is 0.643. The summed E-state index contributed by atoms with van der Waals surface area (Å²) in [5.41, 5.74) is 0. The normalized spacial score (nSPS) is 41.1. The molecular formula is C15H27NO3. The molecule has 1 N–H and O–H groups in total. The minimum atomic E-state index is -0.613. The molecule has 1 aliphatic heterocycles. The largest absolute Gasteiger partial charge is 0.481 e. The minimum Gasteiger partial charge on any atom is -0.481 e. The molecule has 2 aliphatic rings. The summed E-state index contributed by atoms with van der Waals surface area (Å²) >= 11 is 0. The van der Waals surface area contributed by atoms with Crippen LogP contribution in [0.15, 0.2) is 0 Å². The fourth-order valence-electron chi connectivity index (χ4n) is 3.86. The molecule has 19 heavy (non-hydrogen) atoms. The Morgan fingerprint density at radius 3 is 2.53 bits per heavy atom. The molecule has 0 aromatic carbocycles. The van der Waals surface area contributed by atoms with Gasteiger partial charge in [-0.15, -0.1) is 0 Å². The van der Waals surface area contributed by atoms with Gasteiger partial charge in [-0.2, -0.15) is 0 Å². The fraction of sp³-hybridized carbons (Fsp3) is 0.933. The van der Waals surface area contributed by atoms with Crippen molar-refractivity contribution in [3.8, 4) is 0 Å². The van der Waals surface area contributed by atoms with E-state index in [4.69, 9.17) is 4.74 Å². The number of likely N-dealkylation sites (tertiary alicyclic amines) is 1. The van der Waals surface area contributed by atoms with Crippen molar-refractivity contribution in [2.75, 3.05) is 13.7 Å². The van der Waals surface area contributed by atoms with Crippen molar-refractivity contribution >= 4 is 5.97 Å². The number of ether oxygens (including phenoxy) is 1. The lowest BCUT2D eigenvalue weighted by molar-refractivity contribution is -0.147. The Hall–Kier alpha value is -0.610. The molecule has 5 unspecified atom stereocenters. The summed E-state index contributed by atoms with van der Waals surface area (Å²) in [7, 11) is 1.77. The molecule has 2 fully saturated rings. The first-order valence-corrected chi connectivity index (χ1v) is 7.54. The Bertz CT molecular complexity index is 321. The molecule has 2 rings (SSSR count). The lowest BCUT2D eigenvalue weighted by Crippen LogP contribution is -2.54. The number of hydrogen-bond acceptors (Lipinski definition) is 3. The SMILES string of the molecule is COC1CCN(C2CC(C)CCC2C(=O)O)C(C)C1. The van der Waals surface area contributed by atoms with Crippen molar-refractivity contribution in [3.05, 3.63) is 0 Å². The van der Waals surface area contributed by atoms with Gasteiger partial charge in [0, 0.05) is 25.7 Å². The number of hydrogen-bond donors (Lipinski definition) is 1. The number of carboxylic acids is 1. The van der Waals surface area contributed by atoms with Gasteiger partial charge in [0.15, 0.2) is 0 Å². The first-order chi connectivity index (χ1) is 9.02. The van der Waals surface area contributed by atoms with Gasteiger partial charge in [0.05, 0.1) is 12.0 Å². The zero-order chi connectivity index (χ0) is 14.0. The molecule has 1 saturated carbocycles. The van der Waals surface area contributed by atoms with Gasteiger partial charge in [-0.05, 0) is 44.9 Å². The highest BCUT2D eigenvalue weighted by atomic mass is 16.5. The summed E-state index contributed by atoms with van der Waals surface area (Å²) in [5.74, 6) is -0.149. The molecule has 1 aliphatic carbocycles. The monoisotopic (exact) mass is 269 g/mol. The Morgan fingerprint density at radius 2 is 1.95 bits per heavy atom. The van der Waals surface area contributed by atoms with E-state index in [1.807, 2.05) is 0 Å². The fourth-order valence-corrected chi connectivity index (χ4v) is 3.86. The number of piperidine rings is 1. The predicted molar refractivity (Wildman–Crippen MR) is 74.1 cm³/mol. The standard InChI is InChI=1S/C15H27NO3/c1-10-4-5-13(15(17)18)14(8-10)16-7-6-12(19-3)9-11(16)2/h10-14H,4-9H2,1-3H3,(H,17,18). The maximum atomic E-state index is 11.5. The van der Waals surface area contributed by atoms with Gasteiger partial charge < -0.3 is 9.84 Å². The predicted octanol–water partition coefficient (Wildman–Crippen LogP) is 2.38. The van der Waals surface area contributed by atoms with Gasteiger partial charge in [0.25, 0.3) is 0 Å². The van der Waals surface area contributed by atoms with Crippen molar-refractivity contribution in [2.24, 2.45) is 11.8 Å². The van der Waals surface area contributed by atoms with E-state index in [-0.39, 0.29) is 12.0 Å². The maximum absolute atomic E-state index is 11.5. The third-order valence-electron chi connectivity index (χ3n) is 5.03. The van der Waals surface area contributed by atoms with Crippen LogP contribution in [0.4, 0.5) is 0 Å². The molecule has 4 nitrogen and oxygen atoms in total. The van der Waals surface area contributed by atoms with Crippen LogP contribution in [0.25, 0.3) is 0 Å². The molecule has 0 amide bonds. The van der Waals surface area contributed by atoms with Crippen molar-refractivity contribution in [2.45, 2.75) is 64.1 Å². The third kappa shape index (κ3) is 3.29. The number of rotatable bonds is 3. The second kappa shape index (κ2) is 6.23. The number of aliphatic carboxylic acids is 1. The average Bonchev–Trinajstić information content (AvgIpc) is 2.38. The topological polar surface area (TPSA) is 49.8 Å². The van der Waals surface area contributed by atoms with E-state index in [1.54, 1.807) is 7.11 Å². The van der Waals surface area contributed by atoms with Crippen LogP contribution >= 0.6 is 0 Å². The molecular weight excluding hydrogens is 242 g/mol. The Labute approximate surface area is 116 Å². The van der Waals surface area contributed by atoms with Crippen LogP contribution in [0.5, 0.6) is 0 Å². The van der Waals surface area contributed by atoms with E-state index >= 15 is 0 Å². The first-order valence-electron chi connectivity index (χ1n) is 7.54. The molecule has 110 valence electrons. The van der Waals surface area contributed by atoms with Crippen LogP contribution in [0.3, 0.4) is 0 Å². The van der Waals surface area contributed by atoms with E-state index in [2.05, 4.69) is 18.7 Å². The molecule has 0 spiro atoms. The van der Waals surface area contributed by atoms with Crippen LogP contribution in [0.1, 0.15) is 46.0 Å². The minimum absolute atomic E-state index is 0.183.